The standard InChI is InChI=1S/C6H13N3O3.C5H11NO2.C4H3NO2/c7-4(5(10)11)2-1-3-9-6(8)12;1-3(2)4(6)5(7)8;6-3-1-2-4(7)5-3/h4H,1-3,7H2,(H,10,11)(H3,8,9,12);3-4H,6H2,1-2H3,(H,7,8);1-2H,(H,5,6,7)/t2*4-;/m00./s1. The summed E-state index contributed by atoms with van der Waals surface area (Å²) in [5, 5.41) is 20.9. The third-order valence-electron chi connectivity index (χ3n) is 2.94. The van der Waals surface area contributed by atoms with Crippen LogP contribution in [0.3, 0.4) is 0 Å². The van der Waals surface area contributed by atoms with Gasteiger partial charge in [0.15, 0.2) is 0 Å². The zero-order chi connectivity index (χ0) is 21.6. The van der Waals surface area contributed by atoms with Crippen LogP contribution >= 0.6 is 0 Å². The van der Waals surface area contributed by atoms with Gasteiger partial charge in [-0.2, -0.15) is 0 Å². The fraction of sp³-hybridized carbons (Fsp3) is 0.533. The maximum atomic E-state index is 10.2. The Bertz CT molecular complexity index is 547. The number of nitrogens with two attached hydrogens (primary N) is 3. The van der Waals surface area contributed by atoms with Crippen LogP contribution in [0.5, 0.6) is 0 Å². The monoisotopic (exact) mass is 389 g/mol. The molecule has 0 aliphatic carbocycles. The van der Waals surface area contributed by atoms with Gasteiger partial charge in [-0.05, 0) is 18.8 Å². The summed E-state index contributed by atoms with van der Waals surface area (Å²) in [5.74, 6) is -2.60. The summed E-state index contributed by atoms with van der Waals surface area (Å²) in [6, 6.07) is -2.19. The molecule has 27 heavy (non-hydrogen) atoms. The van der Waals surface area contributed by atoms with Crippen LogP contribution in [0.2, 0.25) is 0 Å². The first-order valence-corrected chi connectivity index (χ1v) is 7.91. The number of hydrogen-bond donors (Lipinski definition) is 7. The number of hydrogen-bond acceptors (Lipinski definition) is 7. The second-order valence-corrected chi connectivity index (χ2v) is 5.67. The van der Waals surface area contributed by atoms with Crippen LogP contribution < -0.4 is 27.8 Å². The van der Waals surface area contributed by atoms with E-state index in [9.17, 15) is 24.0 Å². The minimum atomic E-state index is -1.03. The Balaban J connectivity index is 0. The average molecular weight is 389 g/mol. The fourth-order valence-electron chi connectivity index (χ4n) is 1.30. The zero-order valence-electron chi connectivity index (χ0n) is 15.2. The lowest BCUT2D eigenvalue weighted by molar-refractivity contribution is -0.140. The average Bonchev–Trinajstić information content (AvgIpc) is 2.94. The third kappa shape index (κ3) is 16.2. The third-order valence-corrected chi connectivity index (χ3v) is 2.94. The van der Waals surface area contributed by atoms with Crippen molar-refractivity contribution >= 4 is 29.8 Å². The summed E-state index contributed by atoms with van der Waals surface area (Å²) in [5.41, 5.74) is 15.1. The van der Waals surface area contributed by atoms with Crippen molar-refractivity contribution in [3.63, 3.8) is 0 Å². The molecule has 1 aliphatic heterocycles. The highest BCUT2D eigenvalue weighted by Crippen LogP contribution is 1.96. The molecule has 0 bridgehead atoms. The van der Waals surface area contributed by atoms with Gasteiger partial charge in [-0.3, -0.25) is 24.5 Å². The van der Waals surface area contributed by atoms with Crippen molar-refractivity contribution in [1.82, 2.24) is 10.6 Å². The quantitative estimate of drug-likeness (QED) is 0.190. The van der Waals surface area contributed by atoms with Gasteiger partial charge < -0.3 is 32.7 Å². The lowest BCUT2D eigenvalue weighted by Crippen LogP contribution is -2.34. The Hall–Kier alpha value is -2.99. The molecule has 154 valence electrons. The topological polar surface area (TPSA) is 228 Å². The van der Waals surface area contributed by atoms with Crippen LogP contribution in [-0.4, -0.2) is 58.6 Å². The molecule has 0 aromatic carbocycles. The number of primary amides is 1. The predicted octanol–water partition coefficient (Wildman–Crippen LogP) is -1.90. The Morgan fingerprint density at radius 2 is 1.56 bits per heavy atom. The summed E-state index contributed by atoms with van der Waals surface area (Å²) in [6.45, 7) is 3.91. The van der Waals surface area contributed by atoms with E-state index in [-0.39, 0.29) is 17.7 Å². The molecule has 1 aliphatic rings. The number of aliphatic carboxylic acids is 2. The molecular formula is C15H27N5O7. The number of carboxylic acids is 2. The maximum absolute atomic E-state index is 10.2. The Kier molecular flexibility index (Phi) is 13.8. The van der Waals surface area contributed by atoms with Crippen molar-refractivity contribution in [3.05, 3.63) is 12.2 Å². The normalized spacial score (nSPS) is 14.1. The molecule has 12 heteroatoms. The zero-order valence-corrected chi connectivity index (χ0v) is 15.2. The molecule has 2 atom stereocenters. The van der Waals surface area contributed by atoms with E-state index in [0.717, 1.165) is 0 Å². The summed E-state index contributed by atoms with van der Waals surface area (Å²) in [4.78, 5) is 50.4. The van der Waals surface area contributed by atoms with Gasteiger partial charge in [0.1, 0.15) is 12.1 Å². The molecule has 0 saturated heterocycles. The lowest BCUT2D eigenvalue weighted by atomic mass is 10.1. The van der Waals surface area contributed by atoms with Crippen LogP contribution in [0, 0.1) is 5.92 Å². The molecule has 0 unspecified atom stereocenters. The highest BCUT2D eigenvalue weighted by Gasteiger charge is 2.14. The minimum Gasteiger partial charge on any atom is -0.480 e. The second-order valence-electron chi connectivity index (χ2n) is 5.67. The van der Waals surface area contributed by atoms with Gasteiger partial charge in [0.25, 0.3) is 11.8 Å². The van der Waals surface area contributed by atoms with E-state index in [1.54, 1.807) is 13.8 Å². The fourth-order valence-corrected chi connectivity index (χ4v) is 1.30. The first-order chi connectivity index (χ1) is 12.4. The van der Waals surface area contributed by atoms with E-state index in [4.69, 9.17) is 27.4 Å². The second kappa shape index (κ2) is 14.2. The van der Waals surface area contributed by atoms with E-state index < -0.39 is 30.1 Å². The van der Waals surface area contributed by atoms with Crippen molar-refractivity contribution in [2.24, 2.45) is 23.1 Å². The number of carbonyl (C=O) groups is 5. The van der Waals surface area contributed by atoms with Crippen LogP contribution in [0.25, 0.3) is 0 Å². The van der Waals surface area contributed by atoms with Gasteiger partial charge in [0.2, 0.25) is 0 Å². The van der Waals surface area contributed by atoms with Gasteiger partial charge in [-0.15, -0.1) is 0 Å². The van der Waals surface area contributed by atoms with Crippen molar-refractivity contribution < 1.29 is 34.2 Å². The van der Waals surface area contributed by atoms with Crippen LogP contribution in [0.4, 0.5) is 4.79 Å². The van der Waals surface area contributed by atoms with Crippen LogP contribution in [-0.2, 0) is 19.2 Å². The number of imide groups is 1. The van der Waals surface area contributed by atoms with E-state index in [2.05, 4.69) is 5.32 Å². The van der Waals surface area contributed by atoms with Gasteiger partial charge in [0, 0.05) is 18.7 Å². The van der Waals surface area contributed by atoms with E-state index >= 15 is 0 Å². The molecule has 0 spiro atoms. The van der Waals surface area contributed by atoms with Gasteiger partial charge in [-0.25, -0.2) is 4.79 Å². The Morgan fingerprint density at radius 1 is 1.07 bits per heavy atom. The molecule has 1 heterocycles. The van der Waals surface area contributed by atoms with Crippen molar-refractivity contribution in [3.8, 4) is 0 Å². The molecule has 10 N–H and O–H groups in total. The smallest absolute Gasteiger partial charge is 0.320 e. The number of urea groups is 1. The Labute approximate surface area is 156 Å². The number of amides is 4. The highest BCUT2D eigenvalue weighted by molar-refractivity contribution is 6.12. The maximum Gasteiger partial charge on any atom is 0.320 e. The summed E-state index contributed by atoms with van der Waals surface area (Å²) in [7, 11) is 0. The summed E-state index contributed by atoms with van der Waals surface area (Å²) < 4.78 is 0. The predicted molar refractivity (Wildman–Crippen MR) is 95.2 cm³/mol. The lowest BCUT2D eigenvalue weighted by Gasteiger charge is -2.07. The molecule has 0 aromatic rings. The largest absolute Gasteiger partial charge is 0.480 e. The molecule has 1 rings (SSSR count). The molecule has 0 fully saturated rings. The molecule has 12 nitrogen and oxygen atoms in total. The molecule has 0 saturated carbocycles. The van der Waals surface area contributed by atoms with Gasteiger partial charge in [-0.1, -0.05) is 13.8 Å². The number of rotatable bonds is 7. The van der Waals surface area contributed by atoms with Gasteiger partial charge in [0.05, 0.1) is 0 Å². The number of carbonyl (C=O) groups excluding carboxylic acids is 3. The van der Waals surface area contributed by atoms with Crippen molar-refractivity contribution in [2.75, 3.05) is 6.54 Å². The first kappa shape index (κ1) is 26.2. The molecule has 0 aromatic heterocycles. The number of nitrogens with one attached hydrogen (secondary N) is 2. The van der Waals surface area contributed by atoms with Crippen LogP contribution in [0.15, 0.2) is 12.2 Å². The first-order valence-electron chi connectivity index (χ1n) is 7.91. The van der Waals surface area contributed by atoms with Gasteiger partial charge >= 0.3 is 18.0 Å². The van der Waals surface area contributed by atoms with Crippen molar-refractivity contribution in [1.29, 1.82) is 0 Å². The SMILES string of the molecule is CC(C)[C@H](N)C(=O)O.NC(=O)NCCC[C@H](N)C(=O)O.O=C1C=CC(=O)N1. The van der Waals surface area contributed by atoms with E-state index in [1.165, 1.54) is 12.2 Å². The van der Waals surface area contributed by atoms with E-state index in [0.29, 0.717) is 19.4 Å². The number of carboxylic acid groups (broad SMARTS) is 2. The highest BCUT2D eigenvalue weighted by atomic mass is 16.4. The summed E-state index contributed by atoms with van der Waals surface area (Å²) >= 11 is 0. The van der Waals surface area contributed by atoms with E-state index in [1.807, 2.05) is 5.32 Å². The Morgan fingerprint density at radius 3 is 1.78 bits per heavy atom. The molecule has 0 radical (unpaired) electrons. The van der Waals surface area contributed by atoms with Crippen molar-refractivity contribution in [2.45, 2.75) is 38.8 Å². The summed E-state index contributed by atoms with van der Waals surface area (Å²) in [6.07, 6.45) is 3.23. The molecule has 4 amide bonds. The van der Waals surface area contributed by atoms with Crippen LogP contribution in [0.1, 0.15) is 26.7 Å². The minimum absolute atomic E-state index is 0.0208. The molecular weight excluding hydrogens is 362 g/mol.